The van der Waals surface area contributed by atoms with Gasteiger partial charge in [0.2, 0.25) is 6.08 Å². The number of hydrogen-bond acceptors (Lipinski definition) is 3. The first kappa shape index (κ1) is 7.58. The summed E-state index contributed by atoms with van der Waals surface area (Å²) < 4.78 is 0. The van der Waals surface area contributed by atoms with Crippen LogP contribution in [0, 0.1) is 5.92 Å². The predicted octanol–water partition coefficient (Wildman–Crippen LogP) is 1.59. The van der Waals surface area contributed by atoms with E-state index in [1.54, 1.807) is 0 Å². The Kier molecular flexibility index (Phi) is 2.72. The largest absolute Gasteiger partial charge is 0.240 e. The van der Waals surface area contributed by atoms with E-state index in [9.17, 15) is 4.79 Å². The van der Waals surface area contributed by atoms with Crippen molar-refractivity contribution in [3.05, 3.63) is 12.3 Å². The minimum Gasteiger partial charge on any atom is -0.211 e. The lowest BCUT2D eigenvalue weighted by atomic mass is 10.1. The maximum atomic E-state index is 9.81. The highest BCUT2D eigenvalue weighted by molar-refractivity contribution is 7.99. The van der Waals surface area contributed by atoms with E-state index in [2.05, 4.69) is 11.6 Å². The maximum absolute atomic E-state index is 9.81. The molecule has 2 nitrogen and oxygen atoms in total. The van der Waals surface area contributed by atoms with Crippen LogP contribution in [0.3, 0.4) is 0 Å². The van der Waals surface area contributed by atoms with Gasteiger partial charge < -0.3 is 0 Å². The quantitative estimate of drug-likeness (QED) is 0.447. The Balaban J connectivity index is 2.47. The van der Waals surface area contributed by atoms with Crippen LogP contribution in [0.1, 0.15) is 6.42 Å². The predicted molar refractivity (Wildman–Crippen MR) is 42.7 cm³/mol. The van der Waals surface area contributed by atoms with Gasteiger partial charge in [-0.1, -0.05) is 6.58 Å². The molecule has 0 amide bonds. The molecule has 0 aromatic carbocycles. The van der Waals surface area contributed by atoms with Gasteiger partial charge in [-0.2, -0.15) is 16.8 Å². The number of carbonyl (C=O) groups excluding carboxylic acids is 1. The van der Waals surface area contributed by atoms with E-state index < -0.39 is 0 Å². The number of nitrogens with zero attached hydrogens (tertiary/aromatic N) is 1. The summed E-state index contributed by atoms with van der Waals surface area (Å²) in [6, 6.07) is 0. The standard InChI is InChI=1S/C7H9NOS/c1-6(8-5-9)7-2-3-10-4-7/h7H,1-4H2. The van der Waals surface area contributed by atoms with E-state index in [1.807, 2.05) is 11.8 Å². The number of isocyanates is 1. The Morgan fingerprint density at radius 3 is 3.10 bits per heavy atom. The van der Waals surface area contributed by atoms with Gasteiger partial charge in [0.15, 0.2) is 0 Å². The normalized spacial score (nSPS) is 23.8. The van der Waals surface area contributed by atoms with Crippen LogP contribution in [-0.2, 0) is 4.79 Å². The lowest BCUT2D eigenvalue weighted by Crippen LogP contribution is -1.98. The van der Waals surface area contributed by atoms with E-state index in [0.29, 0.717) is 11.6 Å². The average molecular weight is 155 g/mol. The molecule has 1 unspecified atom stereocenters. The van der Waals surface area contributed by atoms with Crippen LogP contribution in [0.2, 0.25) is 0 Å². The van der Waals surface area contributed by atoms with Crippen molar-refractivity contribution in [3.8, 4) is 0 Å². The minimum atomic E-state index is 0.423. The van der Waals surface area contributed by atoms with Crippen molar-refractivity contribution >= 4 is 17.8 Å². The zero-order valence-corrected chi connectivity index (χ0v) is 6.49. The SMILES string of the molecule is C=C(N=C=O)C1CCSC1. The van der Waals surface area contributed by atoms with Crippen molar-refractivity contribution in [2.24, 2.45) is 10.9 Å². The van der Waals surface area contributed by atoms with Crippen LogP contribution in [0.4, 0.5) is 0 Å². The molecule has 1 aliphatic heterocycles. The van der Waals surface area contributed by atoms with Crippen LogP contribution >= 0.6 is 11.8 Å². The van der Waals surface area contributed by atoms with E-state index >= 15 is 0 Å². The van der Waals surface area contributed by atoms with Crippen molar-refractivity contribution in [3.63, 3.8) is 0 Å². The molecule has 0 radical (unpaired) electrons. The molecule has 1 fully saturated rings. The molecule has 0 saturated carbocycles. The van der Waals surface area contributed by atoms with Crippen LogP contribution < -0.4 is 0 Å². The third-order valence-electron chi connectivity index (χ3n) is 1.59. The first-order chi connectivity index (χ1) is 4.84. The summed E-state index contributed by atoms with van der Waals surface area (Å²) in [4.78, 5) is 13.3. The van der Waals surface area contributed by atoms with Gasteiger partial charge in [0.25, 0.3) is 0 Å². The Morgan fingerprint density at radius 1 is 1.80 bits per heavy atom. The van der Waals surface area contributed by atoms with Crippen LogP contribution in [0.15, 0.2) is 17.3 Å². The Labute approximate surface area is 64.4 Å². The number of hydrogen-bond donors (Lipinski definition) is 0. The second-order valence-electron chi connectivity index (χ2n) is 2.25. The third kappa shape index (κ3) is 1.72. The van der Waals surface area contributed by atoms with Crippen LogP contribution in [-0.4, -0.2) is 17.6 Å². The molecule has 0 bridgehead atoms. The molecule has 1 aliphatic rings. The number of aliphatic imine (C=N–C) groups is 1. The monoisotopic (exact) mass is 155 g/mol. The van der Waals surface area contributed by atoms with Gasteiger partial charge in [-0.25, -0.2) is 4.79 Å². The van der Waals surface area contributed by atoms with Gasteiger partial charge in [-0.3, -0.25) is 0 Å². The molecule has 54 valence electrons. The van der Waals surface area contributed by atoms with Gasteiger partial charge in [0, 0.05) is 11.7 Å². The van der Waals surface area contributed by atoms with E-state index in [-0.39, 0.29) is 0 Å². The molecule has 0 aromatic heterocycles. The Bertz CT molecular complexity index is 178. The molecule has 0 aromatic rings. The average Bonchev–Trinajstić information content (AvgIpc) is 2.38. The van der Waals surface area contributed by atoms with E-state index in [0.717, 1.165) is 17.9 Å². The summed E-state index contributed by atoms with van der Waals surface area (Å²) in [5.41, 5.74) is 0.694. The molecule has 1 heterocycles. The molecule has 0 N–H and O–H groups in total. The van der Waals surface area contributed by atoms with Gasteiger partial charge >= 0.3 is 0 Å². The maximum Gasteiger partial charge on any atom is 0.240 e. The van der Waals surface area contributed by atoms with E-state index in [4.69, 9.17) is 0 Å². The minimum absolute atomic E-state index is 0.423. The first-order valence-corrected chi connectivity index (χ1v) is 4.34. The topological polar surface area (TPSA) is 29.4 Å². The van der Waals surface area contributed by atoms with Gasteiger partial charge in [-0.15, -0.1) is 0 Å². The fourth-order valence-corrected chi connectivity index (χ4v) is 2.21. The molecule has 10 heavy (non-hydrogen) atoms. The third-order valence-corrected chi connectivity index (χ3v) is 2.75. The summed E-state index contributed by atoms with van der Waals surface area (Å²) in [5, 5.41) is 0. The van der Waals surface area contributed by atoms with Gasteiger partial charge in [0.05, 0.1) is 5.70 Å². The lowest BCUT2D eigenvalue weighted by molar-refractivity contribution is 0.562. The fraction of sp³-hybridized carbons (Fsp3) is 0.571. The van der Waals surface area contributed by atoms with Gasteiger partial charge in [-0.05, 0) is 12.2 Å². The van der Waals surface area contributed by atoms with E-state index in [1.165, 1.54) is 6.08 Å². The molecule has 0 spiro atoms. The van der Waals surface area contributed by atoms with Gasteiger partial charge in [0.1, 0.15) is 0 Å². The molecular weight excluding hydrogens is 146 g/mol. The first-order valence-electron chi connectivity index (χ1n) is 3.19. The summed E-state index contributed by atoms with van der Waals surface area (Å²) in [6.07, 6.45) is 2.62. The highest BCUT2D eigenvalue weighted by Crippen LogP contribution is 2.28. The van der Waals surface area contributed by atoms with Crippen LogP contribution in [0.25, 0.3) is 0 Å². The second kappa shape index (κ2) is 3.59. The summed E-state index contributed by atoms with van der Waals surface area (Å²) in [5.74, 6) is 2.65. The smallest absolute Gasteiger partial charge is 0.211 e. The summed E-state index contributed by atoms with van der Waals surface area (Å²) in [6.45, 7) is 3.68. The van der Waals surface area contributed by atoms with Crippen molar-refractivity contribution in [1.82, 2.24) is 0 Å². The van der Waals surface area contributed by atoms with Crippen molar-refractivity contribution in [2.75, 3.05) is 11.5 Å². The molecule has 3 heteroatoms. The molecular formula is C7H9NOS. The molecule has 1 rings (SSSR count). The number of rotatable bonds is 2. The van der Waals surface area contributed by atoms with Crippen molar-refractivity contribution in [2.45, 2.75) is 6.42 Å². The number of thioether (sulfide) groups is 1. The fourth-order valence-electron chi connectivity index (χ4n) is 0.947. The second-order valence-corrected chi connectivity index (χ2v) is 3.40. The zero-order chi connectivity index (χ0) is 7.40. The lowest BCUT2D eigenvalue weighted by Gasteiger charge is -2.02. The zero-order valence-electron chi connectivity index (χ0n) is 5.67. The Hall–Kier alpha value is -0.530. The molecule has 0 aliphatic carbocycles. The highest BCUT2D eigenvalue weighted by atomic mass is 32.2. The summed E-state index contributed by atoms with van der Waals surface area (Å²) in [7, 11) is 0. The molecule has 1 saturated heterocycles. The highest BCUT2D eigenvalue weighted by Gasteiger charge is 2.17. The summed E-state index contributed by atoms with van der Waals surface area (Å²) >= 11 is 1.89. The Morgan fingerprint density at radius 2 is 2.60 bits per heavy atom. The number of allylic oxidation sites excluding steroid dienone is 1. The van der Waals surface area contributed by atoms with Crippen molar-refractivity contribution < 1.29 is 4.79 Å². The van der Waals surface area contributed by atoms with Crippen LogP contribution in [0.5, 0.6) is 0 Å². The molecule has 1 atom stereocenters. The van der Waals surface area contributed by atoms with Crippen molar-refractivity contribution in [1.29, 1.82) is 0 Å².